The molecule has 6 rings (SSSR count). The molecule has 2 aliphatic carbocycles. The zero-order valence-corrected chi connectivity index (χ0v) is 21.1. The van der Waals surface area contributed by atoms with Gasteiger partial charge in [-0.2, -0.15) is 10.2 Å². The van der Waals surface area contributed by atoms with Crippen LogP contribution in [-0.2, 0) is 18.3 Å². The molecule has 0 bridgehead atoms. The SMILES string of the molecule is CN1CCCC1COc1cc(Cl)nc(-c2noc3c2CCCC32CCCc3ccc(N)c(C#N)c32)n1. The molecule has 2 aromatic heterocycles. The Kier molecular flexibility index (Phi) is 5.85. The summed E-state index contributed by atoms with van der Waals surface area (Å²) in [5, 5.41) is 14.8. The molecular formula is C27H29ClN6O2. The smallest absolute Gasteiger partial charge is 0.218 e. The molecule has 36 heavy (non-hydrogen) atoms. The minimum absolute atomic E-state index is 0.305. The number of rotatable bonds is 4. The van der Waals surface area contributed by atoms with Crippen LogP contribution in [0.15, 0.2) is 22.7 Å². The van der Waals surface area contributed by atoms with Crippen molar-refractivity contribution in [3.8, 4) is 23.5 Å². The fourth-order valence-electron chi connectivity index (χ4n) is 6.44. The molecule has 0 amide bonds. The normalized spacial score (nSPS) is 23.3. The maximum absolute atomic E-state index is 10.00. The standard InChI is InChI=1S/C27H29ClN6O2/c1-34-12-4-6-17(34)15-35-22-13-21(28)31-26(32-22)24-18-7-3-11-27(25(18)36-33-24)10-2-5-16-8-9-20(30)19(14-29)23(16)27/h8-9,13,17H,2-7,10-12,15,30H2,1H3. The zero-order chi connectivity index (χ0) is 24.9. The van der Waals surface area contributed by atoms with E-state index in [0.717, 1.165) is 68.4 Å². The molecule has 1 spiro atoms. The molecule has 3 aliphatic rings. The van der Waals surface area contributed by atoms with Crippen molar-refractivity contribution < 1.29 is 9.26 Å². The van der Waals surface area contributed by atoms with Gasteiger partial charge in [-0.25, -0.2) is 4.98 Å². The third-order valence-electron chi connectivity index (χ3n) is 8.20. The van der Waals surface area contributed by atoms with Crippen LogP contribution in [0.1, 0.15) is 66.5 Å². The van der Waals surface area contributed by atoms with Crippen LogP contribution in [0, 0.1) is 11.3 Å². The average Bonchev–Trinajstić information content (AvgIpc) is 3.50. The van der Waals surface area contributed by atoms with Crippen LogP contribution in [0.4, 0.5) is 5.69 Å². The molecule has 3 heterocycles. The average molecular weight is 505 g/mol. The monoisotopic (exact) mass is 504 g/mol. The molecule has 9 heteroatoms. The Hall–Kier alpha value is -3.15. The molecule has 1 saturated heterocycles. The van der Waals surface area contributed by atoms with Crippen molar-refractivity contribution in [1.29, 1.82) is 5.26 Å². The van der Waals surface area contributed by atoms with Crippen LogP contribution in [0.25, 0.3) is 11.5 Å². The number of aryl methyl sites for hydroxylation is 1. The number of likely N-dealkylation sites (tertiary alicyclic amines) is 1. The number of aromatic nitrogens is 3. The van der Waals surface area contributed by atoms with Gasteiger partial charge in [-0.15, -0.1) is 0 Å². The Balaban J connectivity index is 1.39. The molecule has 2 N–H and O–H groups in total. The first-order valence-corrected chi connectivity index (χ1v) is 13.1. The maximum Gasteiger partial charge on any atom is 0.218 e. The highest BCUT2D eigenvalue weighted by Crippen LogP contribution is 2.53. The molecule has 186 valence electrons. The second-order valence-electron chi connectivity index (χ2n) is 10.2. The van der Waals surface area contributed by atoms with Crippen LogP contribution in [0.3, 0.4) is 0 Å². The molecule has 0 radical (unpaired) electrons. The van der Waals surface area contributed by atoms with Gasteiger partial charge < -0.3 is 19.9 Å². The van der Waals surface area contributed by atoms with Gasteiger partial charge in [0.1, 0.15) is 17.8 Å². The number of ether oxygens (including phenoxy) is 1. The summed E-state index contributed by atoms with van der Waals surface area (Å²) in [6.45, 7) is 1.64. The molecule has 8 nitrogen and oxygen atoms in total. The van der Waals surface area contributed by atoms with Crippen LogP contribution in [0.2, 0.25) is 5.15 Å². The Bertz CT molecular complexity index is 1360. The summed E-state index contributed by atoms with van der Waals surface area (Å²) in [5.74, 6) is 1.66. The number of fused-ring (bicyclic) bond motifs is 4. The summed E-state index contributed by atoms with van der Waals surface area (Å²) < 4.78 is 12.1. The summed E-state index contributed by atoms with van der Waals surface area (Å²) in [6, 6.07) is 8.29. The summed E-state index contributed by atoms with van der Waals surface area (Å²) in [7, 11) is 2.12. The van der Waals surface area contributed by atoms with E-state index in [9.17, 15) is 5.26 Å². The fraction of sp³-hybridized carbons (Fsp3) is 0.481. The van der Waals surface area contributed by atoms with Gasteiger partial charge in [0.15, 0.2) is 17.3 Å². The highest BCUT2D eigenvalue weighted by Gasteiger charge is 2.47. The molecule has 1 aromatic carbocycles. The minimum Gasteiger partial charge on any atom is -0.476 e. The van der Waals surface area contributed by atoms with E-state index >= 15 is 0 Å². The van der Waals surface area contributed by atoms with Crippen molar-refractivity contribution in [3.05, 3.63) is 51.4 Å². The van der Waals surface area contributed by atoms with Gasteiger partial charge in [0.25, 0.3) is 0 Å². The lowest BCUT2D eigenvalue weighted by molar-refractivity contribution is 0.193. The van der Waals surface area contributed by atoms with Crippen molar-refractivity contribution in [2.75, 3.05) is 25.9 Å². The van der Waals surface area contributed by atoms with Gasteiger partial charge in [0.2, 0.25) is 5.88 Å². The molecule has 1 aliphatic heterocycles. The predicted molar refractivity (Wildman–Crippen MR) is 136 cm³/mol. The number of nitriles is 1. The summed E-state index contributed by atoms with van der Waals surface area (Å²) in [4.78, 5) is 11.4. The lowest BCUT2D eigenvalue weighted by atomic mass is 9.61. The van der Waals surface area contributed by atoms with Crippen molar-refractivity contribution in [2.45, 2.75) is 62.8 Å². The number of nitrogens with zero attached hydrogens (tertiary/aromatic N) is 5. The van der Waals surface area contributed by atoms with Crippen molar-refractivity contribution in [3.63, 3.8) is 0 Å². The Morgan fingerprint density at radius 3 is 2.86 bits per heavy atom. The maximum atomic E-state index is 10.00. The van der Waals surface area contributed by atoms with E-state index < -0.39 is 5.41 Å². The number of anilines is 1. The van der Waals surface area contributed by atoms with Crippen LogP contribution < -0.4 is 10.5 Å². The number of hydrogen-bond acceptors (Lipinski definition) is 8. The van der Waals surface area contributed by atoms with E-state index in [1.54, 1.807) is 6.07 Å². The number of halogens is 1. The predicted octanol–water partition coefficient (Wildman–Crippen LogP) is 4.67. The molecule has 2 atom stereocenters. The molecular weight excluding hydrogens is 476 g/mol. The summed E-state index contributed by atoms with van der Waals surface area (Å²) in [6.07, 6.45) is 7.74. The van der Waals surface area contributed by atoms with E-state index in [4.69, 9.17) is 26.6 Å². The molecule has 3 aromatic rings. The van der Waals surface area contributed by atoms with E-state index in [0.29, 0.717) is 46.5 Å². The third-order valence-corrected chi connectivity index (χ3v) is 8.39. The van der Waals surface area contributed by atoms with E-state index in [2.05, 4.69) is 39.2 Å². The topological polar surface area (TPSA) is 114 Å². The number of likely N-dealkylation sites (N-methyl/N-ethyl adjacent to an activating group) is 1. The quantitative estimate of drug-likeness (QED) is 0.402. The van der Waals surface area contributed by atoms with Gasteiger partial charge in [0, 0.05) is 23.4 Å². The van der Waals surface area contributed by atoms with E-state index in [-0.39, 0.29) is 0 Å². The summed E-state index contributed by atoms with van der Waals surface area (Å²) in [5.41, 5.74) is 10.7. The second-order valence-corrected chi connectivity index (χ2v) is 10.6. The van der Waals surface area contributed by atoms with Crippen LogP contribution in [-0.4, -0.2) is 46.3 Å². The highest BCUT2D eigenvalue weighted by atomic mass is 35.5. The lowest BCUT2D eigenvalue weighted by Gasteiger charge is -2.41. The first kappa shape index (κ1) is 23.3. The molecule has 1 fully saturated rings. The first-order valence-electron chi connectivity index (χ1n) is 12.7. The highest BCUT2D eigenvalue weighted by molar-refractivity contribution is 6.29. The largest absolute Gasteiger partial charge is 0.476 e. The lowest BCUT2D eigenvalue weighted by Crippen LogP contribution is -2.36. The van der Waals surface area contributed by atoms with Crippen molar-refractivity contribution >= 4 is 17.3 Å². The number of nitrogen functional groups attached to an aromatic ring is 1. The van der Waals surface area contributed by atoms with Gasteiger partial charge in [-0.1, -0.05) is 22.8 Å². The molecule has 0 saturated carbocycles. The number of benzene rings is 1. The van der Waals surface area contributed by atoms with Gasteiger partial charge in [-0.3, -0.25) is 0 Å². The Morgan fingerprint density at radius 1 is 1.25 bits per heavy atom. The second kappa shape index (κ2) is 9.06. The number of nitrogens with two attached hydrogens (primary N) is 1. The van der Waals surface area contributed by atoms with Crippen LogP contribution >= 0.6 is 11.6 Å². The van der Waals surface area contributed by atoms with Gasteiger partial charge in [0.05, 0.1) is 11.0 Å². The third kappa shape index (κ3) is 3.73. The minimum atomic E-state index is -0.419. The number of hydrogen-bond donors (Lipinski definition) is 1. The van der Waals surface area contributed by atoms with Crippen LogP contribution in [0.5, 0.6) is 5.88 Å². The Labute approximate surface area is 215 Å². The van der Waals surface area contributed by atoms with Crippen molar-refractivity contribution in [2.24, 2.45) is 0 Å². The van der Waals surface area contributed by atoms with E-state index in [1.165, 1.54) is 12.0 Å². The van der Waals surface area contributed by atoms with Crippen molar-refractivity contribution in [1.82, 2.24) is 20.0 Å². The van der Waals surface area contributed by atoms with E-state index in [1.807, 2.05) is 6.07 Å². The summed E-state index contributed by atoms with van der Waals surface area (Å²) >= 11 is 6.39. The fourth-order valence-corrected chi connectivity index (χ4v) is 6.62. The first-order chi connectivity index (χ1) is 17.5. The van der Waals surface area contributed by atoms with Gasteiger partial charge in [-0.05, 0) is 82.2 Å². The Morgan fingerprint density at radius 2 is 2.08 bits per heavy atom. The van der Waals surface area contributed by atoms with Gasteiger partial charge >= 0.3 is 0 Å². The zero-order valence-electron chi connectivity index (χ0n) is 20.4. The molecule has 2 unspecified atom stereocenters.